The normalized spacial score (nSPS) is 11.0. The lowest BCUT2D eigenvalue weighted by Crippen LogP contribution is -2.04. The second-order valence-corrected chi connectivity index (χ2v) is 5.45. The van der Waals surface area contributed by atoms with E-state index in [-0.39, 0.29) is 18.2 Å². The fourth-order valence-corrected chi connectivity index (χ4v) is 2.49. The van der Waals surface area contributed by atoms with Crippen LogP contribution in [0.5, 0.6) is 5.88 Å². The third kappa shape index (κ3) is 3.02. The van der Waals surface area contributed by atoms with Crippen molar-refractivity contribution in [1.29, 1.82) is 0 Å². The van der Waals surface area contributed by atoms with Gasteiger partial charge in [0.25, 0.3) is 5.88 Å². The maximum Gasteiger partial charge on any atom is 0.251 e. The van der Waals surface area contributed by atoms with Crippen LogP contribution in [-0.4, -0.2) is 30.0 Å². The number of aromatic hydroxyl groups is 1. The van der Waals surface area contributed by atoms with Crippen molar-refractivity contribution < 1.29 is 18.4 Å². The summed E-state index contributed by atoms with van der Waals surface area (Å²) in [6.45, 7) is 0.257. The Balaban J connectivity index is 1.79. The summed E-state index contributed by atoms with van der Waals surface area (Å²) in [6.07, 6.45) is 2.27. The Morgan fingerprint density at radius 1 is 1.12 bits per heavy atom. The summed E-state index contributed by atoms with van der Waals surface area (Å²) in [5.41, 5.74) is 2.07. The summed E-state index contributed by atoms with van der Waals surface area (Å²) < 4.78 is 33.1. The van der Waals surface area contributed by atoms with Gasteiger partial charge < -0.3 is 9.63 Å². The molecule has 0 saturated heterocycles. The smallest absolute Gasteiger partial charge is 0.251 e. The first-order valence-corrected chi connectivity index (χ1v) is 7.55. The fraction of sp³-hybridized carbons (Fsp3) is 0.0588. The van der Waals surface area contributed by atoms with Gasteiger partial charge in [-0.15, -0.1) is 0 Å². The van der Waals surface area contributed by atoms with Crippen LogP contribution in [0.25, 0.3) is 22.9 Å². The number of rotatable bonds is 4. The molecule has 0 aliphatic heterocycles. The minimum atomic E-state index is -0.926. The molecule has 0 bridgehead atoms. The van der Waals surface area contributed by atoms with Crippen LogP contribution in [0.15, 0.2) is 53.4 Å². The molecule has 0 fully saturated rings. The summed E-state index contributed by atoms with van der Waals surface area (Å²) in [5.74, 6) is -2.00. The molecule has 1 aromatic carbocycles. The number of nitrogens with zero attached hydrogens (tertiary/aromatic N) is 5. The standard InChI is InChI=1S/C17H11F2N5O2/c18-11-3-1-2-10(6-11)9-24-15(13-4-5-26-23-13)7-14(22-24)16-20-8-12(19)17(25)21-16/h1-8H,9H2,(H,20,21,25). The molecule has 0 amide bonds. The minimum absolute atomic E-state index is 0.0478. The van der Waals surface area contributed by atoms with Crippen molar-refractivity contribution >= 4 is 0 Å². The lowest BCUT2D eigenvalue weighted by atomic mass is 10.2. The number of halogens is 2. The SMILES string of the molecule is Oc1nc(-c2cc(-c3ccon3)n(Cc3cccc(F)c3)n2)ncc1F. The summed E-state index contributed by atoms with van der Waals surface area (Å²) in [6, 6.07) is 9.39. The van der Waals surface area contributed by atoms with E-state index >= 15 is 0 Å². The Kier molecular flexibility index (Phi) is 3.88. The molecule has 0 aliphatic carbocycles. The van der Waals surface area contributed by atoms with Gasteiger partial charge in [-0.3, -0.25) is 4.68 Å². The summed E-state index contributed by atoms with van der Waals surface area (Å²) >= 11 is 0. The van der Waals surface area contributed by atoms with E-state index in [2.05, 4.69) is 20.2 Å². The molecule has 7 nitrogen and oxygen atoms in total. The molecular weight excluding hydrogens is 344 g/mol. The van der Waals surface area contributed by atoms with Gasteiger partial charge in [0.1, 0.15) is 23.5 Å². The van der Waals surface area contributed by atoms with Gasteiger partial charge in [-0.1, -0.05) is 17.3 Å². The van der Waals surface area contributed by atoms with Crippen LogP contribution >= 0.6 is 0 Å². The van der Waals surface area contributed by atoms with Crippen molar-refractivity contribution in [2.75, 3.05) is 0 Å². The van der Waals surface area contributed by atoms with Crippen molar-refractivity contribution in [3.8, 4) is 28.8 Å². The van der Waals surface area contributed by atoms with Crippen molar-refractivity contribution in [3.05, 3.63) is 66.1 Å². The highest BCUT2D eigenvalue weighted by atomic mass is 19.1. The van der Waals surface area contributed by atoms with Gasteiger partial charge in [0.15, 0.2) is 5.82 Å². The largest absolute Gasteiger partial charge is 0.491 e. The topological polar surface area (TPSA) is 89.9 Å². The molecule has 0 aliphatic rings. The van der Waals surface area contributed by atoms with Crippen LogP contribution in [0, 0.1) is 11.6 Å². The van der Waals surface area contributed by atoms with Gasteiger partial charge >= 0.3 is 0 Å². The zero-order chi connectivity index (χ0) is 18.1. The molecule has 0 spiro atoms. The van der Waals surface area contributed by atoms with Gasteiger partial charge in [0.05, 0.1) is 18.4 Å². The summed E-state index contributed by atoms with van der Waals surface area (Å²) in [7, 11) is 0. The molecule has 0 unspecified atom stereocenters. The maximum atomic E-state index is 13.5. The molecule has 3 aromatic heterocycles. The van der Waals surface area contributed by atoms with E-state index in [1.807, 2.05) is 0 Å². The van der Waals surface area contributed by atoms with Crippen LogP contribution in [0.1, 0.15) is 5.56 Å². The van der Waals surface area contributed by atoms with Gasteiger partial charge in [-0.2, -0.15) is 14.5 Å². The van der Waals surface area contributed by atoms with Crippen LogP contribution in [0.4, 0.5) is 8.78 Å². The molecule has 0 saturated carbocycles. The van der Waals surface area contributed by atoms with E-state index in [9.17, 15) is 13.9 Å². The highest BCUT2D eigenvalue weighted by Gasteiger charge is 2.17. The van der Waals surface area contributed by atoms with Crippen molar-refractivity contribution in [1.82, 2.24) is 24.9 Å². The zero-order valence-corrected chi connectivity index (χ0v) is 13.2. The van der Waals surface area contributed by atoms with E-state index in [1.165, 1.54) is 18.4 Å². The van der Waals surface area contributed by atoms with Gasteiger partial charge in [-0.25, -0.2) is 9.37 Å². The van der Waals surface area contributed by atoms with E-state index in [0.717, 1.165) is 6.20 Å². The van der Waals surface area contributed by atoms with Crippen molar-refractivity contribution in [2.24, 2.45) is 0 Å². The molecule has 4 aromatic rings. The van der Waals surface area contributed by atoms with E-state index < -0.39 is 11.7 Å². The molecular formula is C17H11F2N5O2. The third-order valence-corrected chi connectivity index (χ3v) is 3.66. The monoisotopic (exact) mass is 355 g/mol. The molecule has 1 N–H and O–H groups in total. The second-order valence-electron chi connectivity index (χ2n) is 5.45. The summed E-state index contributed by atoms with van der Waals surface area (Å²) in [4.78, 5) is 7.53. The van der Waals surface area contributed by atoms with Gasteiger partial charge in [-0.05, 0) is 23.8 Å². The highest BCUT2D eigenvalue weighted by Crippen LogP contribution is 2.25. The third-order valence-electron chi connectivity index (χ3n) is 3.66. The Morgan fingerprint density at radius 3 is 2.73 bits per heavy atom. The quantitative estimate of drug-likeness (QED) is 0.605. The minimum Gasteiger partial charge on any atom is -0.491 e. The predicted molar refractivity (Wildman–Crippen MR) is 85.9 cm³/mol. The average Bonchev–Trinajstić information content (AvgIpc) is 3.27. The van der Waals surface area contributed by atoms with E-state index in [4.69, 9.17) is 4.52 Å². The predicted octanol–water partition coefficient (Wildman–Crippen LogP) is 3.03. The summed E-state index contributed by atoms with van der Waals surface area (Å²) in [5, 5.41) is 17.7. The Hall–Kier alpha value is -3.62. The molecule has 0 atom stereocenters. The average molecular weight is 355 g/mol. The van der Waals surface area contributed by atoms with E-state index in [1.54, 1.807) is 28.9 Å². The number of hydrogen-bond donors (Lipinski definition) is 1. The number of benzene rings is 1. The number of aromatic nitrogens is 5. The van der Waals surface area contributed by atoms with Crippen LogP contribution in [0.2, 0.25) is 0 Å². The fourth-order valence-electron chi connectivity index (χ4n) is 2.49. The van der Waals surface area contributed by atoms with Gasteiger partial charge in [0, 0.05) is 6.07 Å². The Labute approximate surface area is 145 Å². The number of hydrogen-bond acceptors (Lipinski definition) is 6. The molecule has 26 heavy (non-hydrogen) atoms. The zero-order valence-electron chi connectivity index (χ0n) is 13.2. The van der Waals surface area contributed by atoms with Crippen molar-refractivity contribution in [3.63, 3.8) is 0 Å². The second kappa shape index (κ2) is 6.36. The Morgan fingerprint density at radius 2 is 2.00 bits per heavy atom. The maximum absolute atomic E-state index is 13.5. The Bertz CT molecular complexity index is 1060. The van der Waals surface area contributed by atoms with Crippen LogP contribution in [0.3, 0.4) is 0 Å². The molecule has 3 heterocycles. The van der Waals surface area contributed by atoms with Gasteiger partial charge in [0.2, 0.25) is 5.82 Å². The van der Waals surface area contributed by atoms with Crippen LogP contribution in [-0.2, 0) is 6.54 Å². The first-order chi connectivity index (χ1) is 12.6. The molecule has 130 valence electrons. The molecule has 0 radical (unpaired) electrons. The molecule has 4 rings (SSSR count). The van der Waals surface area contributed by atoms with Crippen LogP contribution < -0.4 is 0 Å². The highest BCUT2D eigenvalue weighted by molar-refractivity contribution is 5.62. The lowest BCUT2D eigenvalue weighted by molar-refractivity contribution is 0.409. The first-order valence-electron chi connectivity index (χ1n) is 7.55. The van der Waals surface area contributed by atoms with Crippen molar-refractivity contribution in [2.45, 2.75) is 6.54 Å². The lowest BCUT2D eigenvalue weighted by Gasteiger charge is -2.05. The van der Waals surface area contributed by atoms with E-state index in [0.29, 0.717) is 22.6 Å². The first kappa shape index (κ1) is 15.9. The molecule has 9 heteroatoms.